The second-order valence-corrected chi connectivity index (χ2v) is 5.29. The molecule has 0 aliphatic rings. The molecule has 0 spiro atoms. The van der Waals surface area contributed by atoms with Crippen molar-refractivity contribution in [3.05, 3.63) is 58.1 Å². The van der Waals surface area contributed by atoms with Crippen LogP contribution in [-0.4, -0.2) is 12.6 Å². The average Bonchev–Trinajstić information content (AvgIpc) is 2.48. The van der Waals surface area contributed by atoms with Crippen molar-refractivity contribution < 1.29 is 9.53 Å². The molecular formula is C18H19ClO2. The molecule has 21 heavy (non-hydrogen) atoms. The predicted molar refractivity (Wildman–Crippen MR) is 87.0 cm³/mol. The number of carbonyl (C=O) groups is 1. The molecule has 0 fully saturated rings. The number of benzene rings is 2. The molecule has 0 aromatic heterocycles. The van der Waals surface area contributed by atoms with Crippen LogP contribution in [0.4, 0.5) is 0 Å². The van der Waals surface area contributed by atoms with Crippen LogP contribution in [0.5, 0.6) is 0 Å². The summed E-state index contributed by atoms with van der Waals surface area (Å²) in [6.45, 7) is 6.23. The lowest BCUT2D eigenvalue weighted by molar-refractivity contribution is 0.0527. The summed E-state index contributed by atoms with van der Waals surface area (Å²) in [5.74, 6) is -0.333. The Balaban J connectivity index is 2.67. The quantitative estimate of drug-likeness (QED) is 0.738. The van der Waals surface area contributed by atoms with Crippen molar-refractivity contribution >= 4 is 17.6 Å². The lowest BCUT2D eigenvalue weighted by Crippen LogP contribution is -2.07. The molecule has 2 aromatic carbocycles. The monoisotopic (exact) mass is 302 g/mol. The molecular weight excluding hydrogens is 284 g/mol. The normalized spacial score (nSPS) is 10.5. The van der Waals surface area contributed by atoms with E-state index in [1.807, 2.05) is 44.2 Å². The van der Waals surface area contributed by atoms with Gasteiger partial charge in [0, 0.05) is 5.02 Å². The van der Waals surface area contributed by atoms with Crippen molar-refractivity contribution in [1.82, 2.24) is 0 Å². The van der Waals surface area contributed by atoms with Gasteiger partial charge in [0.15, 0.2) is 0 Å². The maximum absolute atomic E-state index is 12.2. The van der Waals surface area contributed by atoms with Crippen LogP contribution in [-0.2, 0) is 11.2 Å². The maximum atomic E-state index is 12.2. The maximum Gasteiger partial charge on any atom is 0.338 e. The topological polar surface area (TPSA) is 26.3 Å². The average molecular weight is 303 g/mol. The summed E-state index contributed by atoms with van der Waals surface area (Å²) < 4.78 is 5.16. The summed E-state index contributed by atoms with van der Waals surface area (Å²) in [5.41, 5.74) is 4.59. The van der Waals surface area contributed by atoms with Gasteiger partial charge in [0.05, 0.1) is 12.2 Å². The Morgan fingerprint density at radius 1 is 1.14 bits per heavy atom. The number of hydrogen-bond acceptors (Lipinski definition) is 2. The smallest absolute Gasteiger partial charge is 0.338 e. The fourth-order valence-electron chi connectivity index (χ4n) is 2.36. The highest BCUT2D eigenvalue weighted by Gasteiger charge is 2.17. The molecule has 0 heterocycles. The first-order valence-corrected chi connectivity index (χ1v) is 7.51. The van der Waals surface area contributed by atoms with E-state index in [1.54, 1.807) is 13.0 Å². The Morgan fingerprint density at radius 2 is 1.86 bits per heavy atom. The second-order valence-electron chi connectivity index (χ2n) is 4.88. The Morgan fingerprint density at radius 3 is 2.48 bits per heavy atom. The standard InChI is InChI=1S/C18H19ClO2/c1-4-13-10-15(14-9-7-6-8-12(14)3)16(11-17(13)19)18(20)21-5-2/h6-11H,4-5H2,1-3H3. The van der Waals surface area contributed by atoms with E-state index in [1.165, 1.54) is 0 Å². The van der Waals surface area contributed by atoms with E-state index in [-0.39, 0.29) is 5.97 Å². The summed E-state index contributed by atoms with van der Waals surface area (Å²) in [6, 6.07) is 11.7. The van der Waals surface area contributed by atoms with Crippen molar-refractivity contribution in [2.24, 2.45) is 0 Å². The molecule has 0 atom stereocenters. The van der Waals surface area contributed by atoms with Crippen molar-refractivity contribution in [2.75, 3.05) is 6.61 Å². The van der Waals surface area contributed by atoms with Crippen LogP contribution >= 0.6 is 11.6 Å². The van der Waals surface area contributed by atoms with Crippen LogP contribution < -0.4 is 0 Å². The van der Waals surface area contributed by atoms with E-state index in [9.17, 15) is 4.79 Å². The van der Waals surface area contributed by atoms with Crippen LogP contribution in [0.2, 0.25) is 5.02 Å². The number of halogens is 1. The zero-order valence-electron chi connectivity index (χ0n) is 12.6. The van der Waals surface area contributed by atoms with Crippen molar-refractivity contribution in [1.29, 1.82) is 0 Å². The first-order valence-electron chi connectivity index (χ1n) is 7.14. The molecule has 0 unspecified atom stereocenters. The van der Waals surface area contributed by atoms with E-state index in [0.29, 0.717) is 17.2 Å². The van der Waals surface area contributed by atoms with Crippen LogP contribution in [0.3, 0.4) is 0 Å². The molecule has 0 saturated heterocycles. The first kappa shape index (κ1) is 15.6. The zero-order chi connectivity index (χ0) is 15.4. The molecule has 0 bridgehead atoms. The molecule has 2 aromatic rings. The van der Waals surface area contributed by atoms with Gasteiger partial charge in [-0.3, -0.25) is 0 Å². The molecule has 3 heteroatoms. The number of carbonyl (C=O) groups excluding carboxylic acids is 1. The highest BCUT2D eigenvalue weighted by molar-refractivity contribution is 6.32. The van der Waals surface area contributed by atoms with Gasteiger partial charge in [-0.15, -0.1) is 0 Å². The SMILES string of the molecule is CCOC(=O)c1cc(Cl)c(CC)cc1-c1ccccc1C. The summed E-state index contributed by atoms with van der Waals surface area (Å²) in [5, 5.41) is 0.609. The lowest BCUT2D eigenvalue weighted by Gasteiger charge is -2.14. The molecule has 0 radical (unpaired) electrons. The van der Waals surface area contributed by atoms with Gasteiger partial charge >= 0.3 is 5.97 Å². The fraction of sp³-hybridized carbons (Fsp3) is 0.278. The van der Waals surface area contributed by atoms with Crippen molar-refractivity contribution in [3.63, 3.8) is 0 Å². The molecule has 0 aliphatic carbocycles. The van der Waals surface area contributed by atoms with Crippen LogP contribution in [0.15, 0.2) is 36.4 Å². The van der Waals surface area contributed by atoms with E-state index in [4.69, 9.17) is 16.3 Å². The van der Waals surface area contributed by atoms with Crippen LogP contribution in [0, 0.1) is 6.92 Å². The van der Waals surface area contributed by atoms with Gasteiger partial charge in [0.2, 0.25) is 0 Å². The van der Waals surface area contributed by atoms with Gasteiger partial charge in [-0.05, 0) is 54.7 Å². The number of rotatable bonds is 4. The summed E-state index contributed by atoms with van der Waals surface area (Å²) in [6.07, 6.45) is 0.820. The van der Waals surface area contributed by atoms with Gasteiger partial charge < -0.3 is 4.74 Å². The number of aryl methyl sites for hydroxylation is 2. The van der Waals surface area contributed by atoms with Gasteiger partial charge in [0.1, 0.15) is 0 Å². The molecule has 110 valence electrons. The van der Waals surface area contributed by atoms with Gasteiger partial charge in [-0.2, -0.15) is 0 Å². The summed E-state index contributed by atoms with van der Waals surface area (Å²) >= 11 is 6.27. The van der Waals surface area contributed by atoms with E-state index in [0.717, 1.165) is 28.7 Å². The third-order valence-electron chi connectivity index (χ3n) is 3.50. The van der Waals surface area contributed by atoms with E-state index < -0.39 is 0 Å². The van der Waals surface area contributed by atoms with Crippen molar-refractivity contribution in [2.45, 2.75) is 27.2 Å². The fourth-order valence-corrected chi connectivity index (χ4v) is 2.66. The van der Waals surface area contributed by atoms with Gasteiger partial charge in [-0.25, -0.2) is 4.79 Å². The minimum Gasteiger partial charge on any atom is -0.462 e. The largest absolute Gasteiger partial charge is 0.462 e. The third-order valence-corrected chi connectivity index (χ3v) is 3.85. The van der Waals surface area contributed by atoms with E-state index in [2.05, 4.69) is 0 Å². The molecule has 0 amide bonds. The first-order chi connectivity index (χ1) is 10.1. The number of ether oxygens (including phenoxy) is 1. The van der Waals surface area contributed by atoms with E-state index >= 15 is 0 Å². The highest BCUT2D eigenvalue weighted by Crippen LogP contribution is 2.32. The van der Waals surface area contributed by atoms with Crippen LogP contribution in [0.25, 0.3) is 11.1 Å². The third kappa shape index (κ3) is 3.27. The summed E-state index contributed by atoms with van der Waals surface area (Å²) in [4.78, 5) is 12.2. The second kappa shape index (κ2) is 6.77. The molecule has 0 aliphatic heterocycles. The Hall–Kier alpha value is -1.80. The summed E-state index contributed by atoms with van der Waals surface area (Å²) in [7, 11) is 0. The molecule has 2 rings (SSSR count). The highest BCUT2D eigenvalue weighted by atomic mass is 35.5. The van der Waals surface area contributed by atoms with Crippen molar-refractivity contribution in [3.8, 4) is 11.1 Å². The zero-order valence-corrected chi connectivity index (χ0v) is 13.3. The Bertz CT molecular complexity index is 662. The minimum atomic E-state index is -0.333. The molecule has 0 N–H and O–H groups in total. The number of hydrogen-bond donors (Lipinski definition) is 0. The van der Waals surface area contributed by atoms with Crippen LogP contribution in [0.1, 0.15) is 35.3 Å². The Kier molecular flexibility index (Phi) is 5.03. The molecule has 0 saturated carbocycles. The number of esters is 1. The van der Waals surface area contributed by atoms with Gasteiger partial charge in [0.25, 0.3) is 0 Å². The van der Waals surface area contributed by atoms with Gasteiger partial charge in [-0.1, -0.05) is 42.8 Å². The lowest BCUT2D eigenvalue weighted by atomic mass is 9.93. The predicted octanol–water partition coefficient (Wildman–Crippen LogP) is 5.05. The molecule has 2 nitrogen and oxygen atoms in total. The Labute approximate surface area is 130 Å². The minimum absolute atomic E-state index is 0.333.